The Balaban J connectivity index is 2.47. The molecule has 0 aromatic heterocycles. The number of carbonyl (C=O) groups excluding carboxylic acids is 1. The van der Waals surface area contributed by atoms with Crippen LogP contribution in [0.4, 0.5) is 4.39 Å². The molecular formula is C13H18FN3O3S. The van der Waals surface area contributed by atoms with Crippen molar-refractivity contribution in [2.75, 3.05) is 13.6 Å². The van der Waals surface area contributed by atoms with Crippen LogP contribution >= 0.6 is 0 Å². The van der Waals surface area contributed by atoms with Gasteiger partial charge in [0.05, 0.1) is 4.90 Å². The van der Waals surface area contributed by atoms with Gasteiger partial charge in [0.15, 0.2) is 0 Å². The minimum absolute atomic E-state index is 0.0555. The molecule has 0 radical (unpaired) electrons. The molecule has 3 N–H and O–H groups in total. The van der Waals surface area contributed by atoms with Gasteiger partial charge in [-0.2, -0.15) is 4.31 Å². The van der Waals surface area contributed by atoms with E-state index in [1.54, 1.807) is 0 Å². The van der Waals surface area contributed by atoms with Crippen molar-refractivity contribution in [3.05, 3.63) is 29.6 Å². The predicted molar refractivity (Wildman–Crippen MR) is 75.3 cm³/mol. The van der Waals surface area contributed by atoms with Crippen molar-refractivity contribution in [1.82, 2.24) is 9.62 Å². The summed E-state index contributed by atoms with van der Waals surface area (Å²) in [6, 6.07) is 3.06. The smallest absolute Gasteiger partial charge is 0.244 e. The highest BCUT2D eigenvalue weighted by atomic mass is 32.2. The third-order valence-electron chi connectivity index (χ3n) is 3.62. The summed E-state index contributed by atoms with van der Waals surface area (Å²) >= 11 is 0. The van der Waals surface area contributed by atoms with E-state index >= 15 is 0 Å². The second-order valence-corrected chi connectivity index (χ2v) is 6.67. The summed E-state index contributed by atoms with van der Waals surface area (Å²) in [6.45, 7) is 0.0145. The fourth-order valence-electron chi connectivity index (χ4n) is 2.56. The van der Waals surface area contributed by atoms with Crippen molar-refractivity contribution in [3.8, 4) is 0 Å². The molecule has 0 spiro atoms. The molecule has 1 aliphatic rings. The minimum Gasteiger partial charge on any atom is -0.358 e. The van der Waals surface area contributed by atoms with Gasteiger partial charge in [-0.3, -0.25) is 4.79 Å². The summed E-state index contributed by atoms with van der Waals surface area (Å²) in [7, 11) is -2.50. The summed E-state index contributed by atoms with van der Waals surface area (Å²) in [6.07, 6.45) is 1.04. The molecule has 8 heteroatoms. The third kappa shape index (κ3) is 2.78. The first-order valence-corrected chi connectivity index (χ1v) is 8.08. The van der Waals surface area contributed by atoms with Gasteiger partial charge in [-0.15, -0.1) is 0 Å². The van der Waals surface area contributed by atoms with Gasteiger partial charge in [-0.1, -0.05) is 6.07 Å². The third-order valence-corrected chi connectivity index (χ3v) is 5.61. The van der Waals surface area contributed by atoms with E-state index in [1.165, 1.54) is 25.2 Å². The van der Waals surface area contributed by atoms with E-state index in [0.29, 0.717) is 12.8 Å². The maximum absolute atomic E-state index is 13.7. The summed E-state index contributed by atoms with van der Waals surface area (Å²) in [5, 5.41) is 2.46. The Kier molecular flexibility index (Phi) is 4.60. The van der Waals surface area contributed by atoms with Gasteiger partial charge in [0.1, 0.15) is 11.9 Å². The van der Waals surface area contributed by atoms with E-state index in [2.05, 4.69) is 5.32 Å². The molecule has 1 atom stereocenters. The lowest BCUT2D eigenvalue weighted by atomic mass is 10.2. The topological polar surface area (TPSA) is 92.5 Å². The lowest BCUT2D eigenvalue weighted by Gasteiger charge is -2.24. The molecule has 0 bridgehead atoms. The van der Waals surface area contributed by atoms with E-state index < -0.39 is 21.9 Å². The number of sulfonamides is 1. The van der Waals surface area contributed by atoms with E-state index in [1.807, 2.05) is 0 Å². The van der Waals surface area contributed by atoms with Gasteiger partial charge >= 0.3 is 0 Å². The van der Waals surface area contributed by atoms with Crippen LogP contribution in [-0.2, 0) is 21.4 Å². The Morgan fingerprint density at radius 1 is 1.52 bits per heavy atom. The van der Waals surface area contributed by atoms with Crippen LogP contribution in [0.3, 0.4) is 0 Å². The Morgan fingerprint density at radius 2 is 2.24 bits per heavy atom. The van der Waals surface area contributed by atoms with Gasteiger partial charge in [0.25, 0.3) is 0 Å². The van der Waals surface area contributed by atoms with Crippen molar-refractivity contribution in [2.45, 2.75) is 30.3 Å². The largest absolute Gasteiger partial charge is 0.358 e. The van der Waals surface area contributed by atoms with Crippen LogP contribution in [0.1, 0.15) is 18.4 Å². The van der Waals surface area contributed by atoms with Gasteiger partial charge < -0.3 is 11.1 Å². The van der Waals surface area contributed by atoms with Gasteiger partial charge in [0.2, 0.25) is 15.9 Å². The maximum atomic E-state index is 13.7. The molecule has 1 aromatic rings. The average Bonchev–Trinajstić information content (AvgIpc) is 2.96. The Hall–Kier alpha value is -1.51. The van der Waals surface area contributed by atoms with E-state index in [0.717, 1.165) is 4.31 Å². The molecule has 0 aliphatic carbocycles. The number of hydrogen-bond acceptors (Lipinski definition) is 4. The SMILES string of the molecule is CNC(=O)C1CCCN1S(=O)(=O)c1cccc(F)c1CN. The fourth-order valence-corrected chi connectivity index (χ4v) is 4.46. The number of hydrogen-bond donors (Lipinski definition) is 2. The quantitative estimate of drug-likeness (QED) is 0.829. The molecular weight excluding hydrogens is 297 g/mol. The molecule has 6 nitrogen and oxygen atoms in total. The first kappa shape index (κ1) is 15.9. The Bertz CT molecular complexity index is 648. The van der Waals surface area contributed by atoms with Crippen molar-refractivity contribution in [1.29, 1.82) is 0 Å². The second-order valence-electron chi connectivity index (χ2n) is 4.81. The number of rotatable bonds is 4. The van der Waals surface area contributed by atoms with Gasteiger partial charge in [-0.25, -0.2) is 12.8 Å². The zero-order valence-corrected chi connectivity index (χ0v) is 12.5. The summed E-state index contributed by atoms with van der Waals surface area (Å²) in [5.74, 6) is -1.02. The molecule has 1 aliphatic heterocycles. The molecule has 116 valence electrons. The standard InChI is InChI=1S/C13H18FN3O3S/c1-16-13(18)11-5-3-7-17(11)21(19,20)12-6-2-4-10(14)9(12)8-15/h2,4,6,11H,3,5,7-8,15H2,1H3,(H,16,18). The number of nitrogens with one attached hydrogen (secondary N) is 1. The number of likely N-dealkylation sites (N-methyl/N-ethyl adjacent to an activating group) is 1. The zero-order valence-electron chi connectivity index (χ0n) is 11.7. The summed E-state index contributed by atoms with van der Waals surface area (Å²) in [5.41, 5.74) is 5.41. The number of carbonyl (C=O) groups is 1. The number of benzene rings is 1. The van der Waals surface area contributed by atoms with Gasteiger partial charge in [-0.05, 0) is 25.0 Å². The van der Waals surface area contributed by atoms with Crippen molar-refractivity contribution < 1.29 is 17.6 Å². The molecule has 1 aromatic carbocycles. The number of halogens is 1. The van der Waals surface area contributed by atoms with E-state index in [4.69, 9.17) is 5.73 Å². The van der Waals surface area contributed by atoms with E-state index in [9.17, 15) is 17.6 Å². The molecule has 1 heterocycles. The lowest BCUT2D eigenvalue weighted by molar-refractivity contribution is -0.123. The number of nitrogens with zero attached hydrogens (tertiary/aromatic N) is 1. The van der Waals surface area contributed by atoms with Gasteiger partial charge in [0, 0.05) is 25.7 Å². The predicted octanol–water partition coefficient (Wildman–Crippen LogP) is 0.184. The van der Waals surface area contributed by atoms with Crippen LogP contribution in [0.5, 0.6) is 0 Å². The zero-order chi connectivity index (χ0) is 15.6. The highest BCUT2D eigenvalue weighted by Crippen LogP contribution is 2.28. The molecule has 1 amide bonds. The Labute approximate surface area is 123 Å². The van der Waals surface area contributed by atoms with Crippen LogP contribution < -0.4 is 11.1 Å². The minimum atomic E-state index is -3.96. The molecule has 1 fully saturated rings. The molecule has 2 rings (SSSR count). The first-order valence-electron chi connectivity index (χ1n) is 6.64. The van der Waals surface area contributed by atoms with Crippen LogP contribution in [0.25, 0.3) is 0 Å². The maximum Gasteiger partial charge on any atom is 0.244 e. The van der Waals surface area contributed by atoms with Crippen LogP contribution in [0.2, 0.25) is 0 Å². The highest BCUT2D eigenvalue weighted by Gasteiger charge is 2.40. The van der Waals surface area contributed by atoms with Crippen molar-refractivity contribution >= 4 is 15.9 Å². The van der Waals surface area contributed by atoms with Crippen LogP contribution in [-0.4, -0.2) is 38.3 Å². The normalized spacial score (nSPS) is 19.7. The summed E-state index contributed by atoms with van der Waals surface area (Å²) in [4.78, 5) is 11.6. The van der Waals surface area contributed by atoms with E-state index in [-0.39, 0.29) is 29.5 Å². The molecule has 1 saturated heterocycles. The Morgan fingerprint density at radius 3 is 2.86 bits per heavy atom. The first-order chi connectivity index (χ1) is 9.93. The highest BCUT2D eigenvalue weighted by molar-refractivity contribution is 7.89. The second kappa shape index (κ2) is 6.08. The molecule has 21 heavy (non-hydrogen) atoms. The summed E-state index contributed by atoms with van der Waals surface area (Å²) < 4.78 is 40.3. The fraction of sp³-hybridized carbons (Fsp3) is 0.462. The van der Waals surface area contributed by atoms with Crippen molar-refractivity contribution in [2.24, 2.45) is 5.73 Å². The average molecular weight is 315 g/mol. The monoisotopic (exact) mass is 315 g/mol. The number of nitrogens with two attached hydrogens (primary N) is 1. The van der Waals surface area contributed by atoms with Crippen LogP contribution in [0.15, 0.2) is 23.1 Å². The lowest BCUT2D eigenvalue weighted by Crippen LogP contribution is -2.45. The van der Waals surface area contributed by atoms with Crippen molar-refractivity contribution in [3.63, 3.8) is 0 Å². The number of amides is 1. The molecule has 0 saturated carbocycles. The van der Waals surface area contributed by atoms with Crippen LogP contribution in [0, 0.1) is 5.82 Å². The molecule has 1 unspecified atom stereocenters.